The van der Waals surface area contributed by atoms with Crippen LogP contribution in [0.3, 0.4) is 0 Å². The molecule has 0 spiro atoms. The first-order valence-corrected chi connectivity index (χ1v) is 7.27. The van der Waals surface area contributed by atoms with Gasteiger partial charge in [-0.15, -0.1) is 11.8 Å². The Morgan fingerprint density at radius 3 is 2.45 bits per heavy atom. The van der Waals surface area contributed by atoms with Crippen LogP contribution >= 0.6 is 11.8 Å². The lowest BCUT2D eigenvalue weighted by atomic mass is 9.97. The topological polar surface area (TPSA) is 55.8 Å². The third-order valence-electron chi connectivity index (χ3n) is 3.17. The SMILES string of the molecule is COC(=O)c1c(SC)cc(C2C=CC=C2)c(OC)c1O. The molecule has 106 valence electrons. The van der Waals surface area contributed by atoms with Crippen LogP contribution in [0, 0.1) is 0 Å². The fourth-order valence-electron chi connectivity index (χ4n) is 2.21. The van der Waals surface area contributed by atoms with E-state index in [1.165, 1.54) is 26.0 Å². The molecule has 1 aromatic rings. The minimum Gasteiger partial charge on any atom is -0.504 e. The molecule has 0 saturated heterocycles. The number of phenols is 1. The molecule has 0 saturated carbocycles. The summed E-state index contributed by atoms with van der Waals surface area (Å²) in [4.78, 5) is 12.5. The predicted molar refractivity (Wildman–Crippen MR) is 78.8 cm³/mol. The summed E-state index contributed by atoms with van der Waals surface area (Å²) in [7, 11) is 2.76. The van der Waals surface area contributed by atoms with Gasteiger partial charge in [0.05, 0.1) is 14.2 Å². The number of benzene rings is 1. The minimum absolute atomic E-state index is 0.0356. The van der Waals surface area contributed by atoms with Crippen LogP contribution in [-0.4, -0.2) is 31.6 Å². The summed E-state index contributed by atoms with van der Waals surface area (Å²) in [6.45, 7) is 0. The predicted octanol–water partition coefficient (Wildman–Crippen LogP) is 3.12. The molecule has 4 nitrogen and oxygen atoms in total. The van der Waals surface area contributed by atoms with Gasteiger partial charge in [-0.1, -0.05) is 24.3 Å². The van der Waals surface area contributed by atoms with Gasteiger partial charge >= 0.3 is 5.97 Å². The van der Waals surface area contributed by atoms with Gasteiger partial charge in [0.15, 0.2) is 11.5 Å². The van der Waals surface area contributed by atoms with Crippen molar-refractivity contribution in [1.29, 1.82) is 0 Å². The van der Waals surface area contributed by atoms with Crippen LogP contribution in [0.1, 0.15) is 21.8 Å². The Kier molecular flexibility index (Phi) is 4.39. The average Bonchev–Trinajstić information content (AvgIpc) is 2.99. The fourth-order valence-corrected chi connectivity index (χ4v) is 2.84. The molecule has 1 aliphatic rings. The zero-order valence-electron chi connectivity index (χ0n) is 11.5. The van der Waals surface area contributed by atoms with Crippen molar-refractivity contribution in [3.63, 3.8) is 0 Å². The highest BCUT2D eigenvalue weighted by Gasteiger charge is 2.26. The molecule has 5 heteroatoms. The van der Waals surface area contributed by atoms with Crippen molar-refractivity contribution in [3.8, 4) is 11.5 Å². The molecule has 0 unspecified atom stereocenters. The van der Waals surface area contributed by atoms with E-state index in [4.69, 9.17) is 9.47 Å². The highest BCUT2D eigenvalue weighted by Crippen LogP contribution is 2.44. The van der Waals surface area contributed by atoms with E-state index in [1.807, 2.05) is 36.6 Å². The summed E-state index contributed by atoms with van der Waals surface area (Å²) in [5.41, 5.74) is 0.971. The number of esters is 1. The third-order valence-corrected chi connectivity index (χ3v) is 3.93. The van der Waals surface area contributed by atoms with Crippen molar-refractivity contribution in [2.75, 3.05) is 20.5 Å². The van der Waals surface area contributed by atoms with Crippen LogP contribution in [0.25, 0.3) is 0 Å². The first-order chi connectivity index (χ1) is 9.63. The molecule has 0 aromatic heterocycles. The minimum atomic E-state index is -0.575. The molecule has 0 amide bonds. The molecule has 20 heavy (non-hydrogen) atoms. The lowest BCUT2D eigenvalue weighted by Crippen LogP contribution is -2.07. The average molecular weight is 292 g/mol. The molecular formula is C15H16O4S. The Labute approximate surface area is 122 Å². The van der Waals surface area contributed by atoms with Crippen LogP contribution < -0.4 is 4.74 Å². The van der Waals surface area contributed by atoms with Crippen LogP contribution in [0.5, 0.6) is 11.5 Å². The summed E-state index contributed by atoms with van der Waals surface area (Å²) in [6.07, 6.45) is 9.72. The number of hydrogen-bond acceptors (Lipinski definition) is 5. The molecule has 0 heterocycles. The Morgan fingerprint density at radius 2 is 1.95 bits per heavy atom. The maximum absolute atomic E-state index is 11.8. The molecule has 2 rings (SSSR count). The van der Waals surface area contributed by atoms with Gasteiger partial charge in [-0.05, 0) is 12.3 Å². The van der Waals surface area contributed by atoms with Crippen molar-refractivity contribution >= 4 is 17.7 Å². The summed E-state index contributed by atoms with van der Waals surface area (Å²) >= 11 is 1.38. The first-order valence-electron chi connectivity index (χ1n) is 6.05. The van der Waals surface area contributed by atoms with Gasteiger partial charge in [0.1, 0.15) is 5.56 Å². The molecule has 0 radical (unpaired) electrons. The molecular weight excluding hydrogens is 276 g/mol. The van der Waals surface area contributed by atoms with E-state index < -0.39 is 5.97 Å². The van der Waals surface area contributed by atoms with E-state index in [-0.39, 0.29) is 17.2 Å². The van der Waals surface area contributed by atoms with Gasteiger partial charge < -0.3 is 14.6 Å². The number of aromatic hydroxyl groups is 1. The van der Waals surface area contributed by atoms with Gasteiger partial charge in [-0.3, -0.25) is 0 Å². The Morgan fingerprint density at radius 1 is 1.30 bits per heavy atom. The second-order valence-electron chi connectivity index (χ2n) is 4.21. The lowest BCUT2D eigenvalue weighted by molar-refractivity contribution is 0.0592. The number of methoxy groups -OCH3 is 2. The Bertz CT molecular complexity index is 578. The van der Waals surface area contributed by atoms with Crippen molar-refractivity contribution < 1.29 is 19.4 Å². The zero-order chi connectivity index (χ0) is 14.7. The normalized spacial score (nSPS) is 13.8. The molecule has 1 aromatic carbocycles. The van der Waals surface area contributed by atoms with Gasteiger partial charge in [0.2, 0.25) is 0 Å². The molecule has 0 fully saturated rings. The van der Waals surface area contributed by atoms with Gasteiger partial charge in [-0.2, -0.15) is 0 Å². The number of ether oxygens (including phenoxy) is 2. The molecule has 0 bridgehead atoms. The van der Waals surface area contributed by atoms with E-state index in [1.54, 1.807) is 0 Å². The summed E-state index contributed by atoms with van der Waals surface area (Å²) in [5.74, 6) is -0.401. The van der Waals surface area contributed by atoms with E-state index >= 15 is 0 Å². The van der Waals surface area contributed by atoms with Gasteiger partial charge in [0, 0.05) is 16.4 Å². The lowest BCUT2D eigenvalue weighted by Gasteiger charge is -2.18. The quantitative estimate of drug-likeness (QED) is 0.682. The Hall–Kier alpha value is -1.88. The van der Waals surface area contributed by atoms with Gasteiger partial charge in [-0.25, -0.2) is 4.79 Å². The number of carbonyl (C=O) groups excluding carboxylic acids is 1. The van der Waals surface area contributed by atoms with Crippen molar-refractivity contribution in [3.05, 3.63) is 41.5 Å². The second-order valence-corrected chi connectivity index (χ2v) is 5.06. The molecule has 0 atom stereocenters. The highest BCUT2D eigenvalue weighted by atomic mass is 32.2. The third kappa shape index (κ3) is 2.41. The molecule has 1 aliphatic carbocycles. The number of allylic oxidation sites excluding steroid dienone is 4. The second kappa shape index (κ2) is 6.05. The van der Waals surface area contributed by atoms with E-state index in [0.29, 0.717) is 10.6 Å². The number of phenolic OH excluding ortho intramolecular Hbond substituents is 1. The first kappa shape index (κ1) is 14.5. The van der Waals surface area contributed by atoms with Crippen molar-refractivity contribution in [2.45, 2.75) is 10.8 Å². The Balaban J connectivity index is 2.66. The standard InChI is InChI=1S/C15H16O4S/c1-18-14-10(9-6-4-5-7-9)8-11(20-3)12(13(14)16)15(17)19-2/h4-9,16H,1-3H3. The number of carbonyl (C=O) groups is 1. The maximum atomic E-state index is 11.8. The van der Waals surface area contributed by atoms with Gasteiger partial charge in [0.25, 0.3) is 0 Å². The fraction of sp³-hybridized carbons (Fsp3) is 0.267. The number of hydrogen-bond donors (Lipinski definition) is 1. The van der Waals surface area contributed by atoms with E-state index in [9.17, 15) is 9.90 Å². The largest absolute Gasteiger partial charge is 0.504 e. The number of rotatable bonds is 4. The number of thioether (sulfide) groups is 1. The summed E-state index contributed by atoms with van der Waals surface area (Å²) in [6, 6.07) is 1.86. The van der Waals surface area contributed by atoms with Crippen LogP contribution in [0.15, 0.2) is 35.3 Å². The summed E-state index contributed by atoms with van der Waals surface area (Å²) < 4.78 is 10.0. The van der Waals surface area contributed by atoms with Crippen molar-refractivity contribution in [1.82, 2.24) is 0 Å². The molecule has 1 N–H and O–H groups in total. The summed E-state index contributed by atoms with van der Waals surface area (Å²) in [5, 5.41) is 10.4. The maximum Gasteiger partial charge on any atom is 0.342 e. The van der Waals surface area contributed by atoms with Crippen LogP contribution in [-0.2, 0) is 4.74 Å². The van der Waals surface area contributed by atoms with Crippen LogP contribution in [0.2, 0.25) is 0 Å². The highest BCUT2D eigenvalue weighted by molar-refractivity contribution is 7.98. The van der Waals surface area contributed by atoms with E-state index in [2.05, 4.69) is 0 Å². The molecule has 0 aliphatic heterocycles. The van der Waals surface area contributed by atoms with E-state index in [0.717, 1.165) is 5.56 Å². The zero-order valence-corrected chi connectivity index (χ0v) is 12.4. The van der Waals surface area contributed by atoms with Crippen molar-refractivity contribution in [2.24, 2.45) is 0 Å². The monoisotopic (exact) mass is 292 g/mol. The van der Waals surface area contributed by atoms with Crippen LogP contribution in [0.4, 0.5) is 0 Å². The smallest absolute Gasteiger partial charge is 0.342 e.